The van der Waals surface area contributed by atoms with Crippen LogP contribution in [-0.4, -0.2) is 25.0 Å². The molecule has 4 rings (SSSR count). The smallest absolute Gasteiger partial charge is 0.335 e. The molecule has 1 saturated heterocycles. The summed E-state index contributed by atoms with van der Waals surface area (Å²) in [6.07, 6.45) is 1.45. The number of carbonyl (C=O) groups excluding carboxylic acids is 3. The summed E-state index contributed by atoms with van der Waals surface area (Å²) in [5.74, 6) is -0.423. The molecule has 0 bridgehead atoms. The predicted molar refractivity (Wildman–Crippen MR) is 141 cm³/mol. The van der Waals surface area contributed by atoms with Crippen molar-refractivity contribution in [3.05, 3.63) is 92.1 Å². The second-order valence-electron chi connectivity index (χ2n) is 8.11. The minimum absolute atomic E-state index is 0.155. The van der Waals surface area contributed by atoms with Crippen LogP contribution in [0.25, 0.3) is 6.08 Å². The van der Waals surface area contributed by atoms with E-state index < -0.39 is 17.8 Å². The van der Waals surface area contributed by atoms with Crippen LogP contribution in [-0.2, 0) is 16.2 Å². The summed E-state index contributed by atoms with van der Waals surface area (Å²) < 4.78 is 12.3. The average Bonchev–Trinajstić information content (AvgIpc) is 2.82. The van der Waals surface area contributed by atoms with Gasteiger partial charge in [-0.2, -0.15) is 0 Å². The SMILES string of the molecule is COc1cc(/C=C2\C(=O)NC(=O)N(c3cccc(C)c3)C2=O)cc(I)c1OCc1ccc(C)cc1. The van der Waals surface area contributed by atoms with Crippen LogP contribution in [0.5, 0.6) is 11.5 Å². The third-order valence-corrected chi connectivity index (χ3v) is 6.23. The van der Waals surface area contributed by atoms with Crippen molar-refractivity contribution in [2.75, 3.05) is 12.0 Å². The standard InChI is InChI=1S/C27H23IN2O5/c1-16-7-9-18(10-8-16)15-35-24-22(28)13-19(14-23(24)34-3)12-21-25(31)29-27(33)30(26(21)32)20-6-4-5-17(2)11-20/h4-14H,15H2,1-3H3,(H,29,31,33)/b21-12+. The lowest BCUT2D eigenvalue weighted by molar-refractivity contribution is -0.122. The fourth-order valence-electron chi connectivity index (χ4n) is 3.63. The molecule has 0 spiro atoms. The van der Waals surface area contributed by atoms with Gasteiger partial charge in [0.2, 0.25) is 0 Å². The van der Waals surface area contributed by atoms with Gasteiger partial charge in [0.25, 0.3) is 11.8 Å². The number of anilines is 1. The number of imide groups is 2. The summed E-state index contributed by atoms with van der Waals surface area (Å²) in [6, 6.07) is 17.7. The molecule has 0 unspecified atom stereocenters. The zero-order valence-corrected chi connectivity index (χ0v) is 21.6. The predicted octanol–water partition coefficient (Wildman–Crippen LogP) is 5.16. The zero-order chi connectivity index (χ0) is 25.1. The summed E-state index contributed by atoms with van der Waals surface area (Å²) in [5.41, 5.74) is 3.86. The van der Waals surface area contributed by atoms with Gasteiger partial charge in [-0.1, -0.05) is 42.0 Å². The minimum atomic E-state index is -0.783. The molecule has 178 valence electrons. The molecule has 0 aromatic heterocycles. The number of hydrogen-bond acceptors (Lipinski definition) is 5. The zero-order valence-electron chi connectivity index (χ0n) is 19.4. The number of benzene rings is 3. The number of amides is 4. The van der Waals surface area contributed by atoms with Crippen molar-refractivity contribution in [1.82, 2.24) is 5.32 Å². The Morgan fingerprint density at radius 2 is 1.71 bits per heavy atom. The molecule has 3 aromatic rings. The van der Waals surface area contributed by atoms with E-state index in [4.69, 9.17) is 9.47 Å². The number of barbiturate groups is 1. The van der Waals surface area contributed by atoms with Crippen LogP contribution >= 0.6 is 22.6 Å². The lowest BCUT2D eigenvalue weighted by Gasteiger charge is -2.26. The van der Waals surface area contributed by atoms with Gasteiger partial charge in [0.15, 0.2) is 11.5 Å². The fourth-order valence-corrected chi connectivity index (χ4v) is 4.41. The fraction of sp³-hybridized carbons (Fsp3) is 0.148. The maximum Gasteiger partial charge on any atom is 0.335 e. The van der Waals surface area contributed by atoms with Crippen molar-refractivity contribution in [2.24, 2.45) is 0 Å². The number of urea groups is 1. The van der Waals surface area contributed by atoms with Crippen LogP contribution < -0.4 is 19.7 Å². The number of hydrogen-bond donors (Lipinski definition) is 1. The third-order valence-electron chi connectivity index (χ3n) is 5.43. The van der Waals surface area contributed by atoms with Gasteiger partial charge in [-0.15, -0.1) is 0 Å². The van der Waals surface area contributed by atoms with Crippen LogP contribution in [0.4, 0.5) is 10.5 Å². The number of halogens is 1. The van der Waals surface area contributed by atoms with Gasteiger partial charge in [-0.25, -0.2) is 9.69 Å². The van der Waals surface area contributed by atoms with Crippen molar-refractivity contribution in [3.63, 3.8) is 0 Å². The van der Waals surface area contributed by atoms with Gasteiger partial charge in [0.1, 0.15) is 12.2 Å². The second kappa shape index (κ2) is 10.3. The molecule has 4 amide bonds. The van der Waals surface area contributed by atoms with Gasteiger partial charge >= 0.3 is 6.03 Å². The van der Waals surface area contributed by atoms with Crippen LogP contribution in [0.3, 0.4) is 0 Å². The number of nitrogens with zero attached hydrogens (tertiary/aromatic N) is 1. The number of carbonyl (C=O) groups is 3. The van der Waals surface area contributed by atoms with Gasteiger partial charge < -0.3 is 9.47 Å². The summed E-state index contributed by atoms with van der Waals surface area (Å²) in [4.78, 5) is 39.1. The first-order valence-electron chi connectivity index (χ1n) is 10.8. The Balaban J connectivity index is 1.64. The number of methoxy groups -OCH3 is 1. The Morgan fingerprint density at radius 1 is 0.971 bits per heavy atom. The van der Waals surface area contributed by atoms with Crippen LogP contribution in [0, 0.1) is 17.4 Å². The molecule has 1 heterocycles. The van der Waals surface area contributed by atoms with Crippen LogP contribution in [0.2, 0.25) is 0 Å². The molecule has 1 N–H and O–H groups in total. The Kier molecular flexibility index (Phi) is 7.20. The number of aryl methyl sites for hydroxylation is 2. The Labute approximate surface area is 216 Å². The van der Waals surface area contributed by atoms with Crippen LogP contribution in [0.15, 0.2) is 66.2 Å². The molecule has 0 atom stereocenters. The Hall–Kier alpha value is -3.66. The Morgan fingerprint density at radius 3 is 2.40 bits per heavy atom. The topological polar surface area (TPSA) is 84.9 Å². The monoisotopic (exact) mass is 582 g/mol. The summed E-state index contributed by atoms with van der Waals surface area (Å²) >= 11 is 2.12. The molecule has 1 aliphatic heterocycles. The van der Waals surface area contributed by atoms with Gasteiger partial charge in [-0.05, 0) is 83.5 Å². The lowest BCUT2D eigenvalue weighted by Crippen LogP contribution is -2.54. The largest absolute Gasteiger partial charge is 0.493 e. The van der Waals surface area contributed by atoms with E-state index in [2.05, 4.69) is 27.9 Å². The number of ether oxygens (including phenoxy) is 2. The normalized spacial score (nSPS) is 14.8. The molecule has 0 aliphatic carbocycles. The highest BCUT2D eigenvalue weighted by Gasteiger charge is 2.36. The first-order valence-corrected chi connectivity index (χ1v) is 11.9. The summed E-state index contributed by atoms with van der Waals surface area (Å²) in [5, 5.41) is 2.25. The second-order valence-corrected chi connectivity index (χ2v) is 9.27. The average molecular weight is 582 g/mol. The van der Waals surface area contributed by atoms with Crippen molar-refractivity contribution in [2.45, 2.75) is 20.5 Å². The van der Waals surface area contributed by atoms with Crippen molar-refractivity contribution < 1.29 is 23.9 Å². The van der Waals surface area contributed by atoms with Crippen molar-refractivity contribution >= 4 is 52.2 Å². The Bertz CT molecular complexity index is 1350. The van der Waals surface area contributed by atoms with E-state index in [0.29, 0.717) is 29.4 Å². The maximum absolute atomic E-state index is 13.2. The van der Waals surface area contributed by atoms with Gasteiger partial charge in [-0.3, -0.25) is 14.9 Å². The summed E-state index contributed by atoms with van der Waals surface area (Å²) in [6.45, 7) is 4.24. The molecular formula is C27H23IN2O5. The first-order chi connectivity index (χ1) is 16.8. The maximum atomic E-state index is 13.2. The molecule has 8 heteroatoms. The van der Waals surface area contributed by atoms with Gasteiger partial charge in [0, 0.05) is 0 Å². The first kappa shape index (κ1) is 24.5. The molecule has 7 nitrogen and oxygen atoms in total. The van der Waals surface area contributed by atoms with Gasteiger partial charge in [0.05, 0.1) is 16.4 Å². The molecule has 0 saturated carbocycles. The molecule has 1 fully saturated rings. The number of rotatable bonds is 6. The quantitative estimate of drug-likeness (QED) is 0.247. The lowest BCUT2D eigenvalue weighted by atomic mass is 10.1. The molecular weight excluding hydrogens is 559 g/mol. The summed E-state index contributed by atoms with van der Waals surface area (Å²) in [7, 11) is 1.53. The van der Waals surface area contributed by atoms with Crippen LogP contribution in [0.1, 0.15) is 22.3 Å². The molecule has 0 radical (unpaired) electrons. The van der Waals surface area contributed by atoms with E-state index in [1.807, 2.05) is 44.2 Å². The van der Waals surface area contributed by atoms with E-state index in [1.54, 1.807) is 30.3 Å². The van der Waals surface area contributed by atoms with E-state index in [9.17, 15) is 14.4 Å². The highest BCUT2D eigenvalue weighted by molar-refractivity contribution is 14.1. The van der Waals surface area contributed by atoms with Crippen molar-refractivity contribution in [3.8, 4) is 11.5 Å². The third kappa shape index (κ3) is 5.37. The van der Waals surface area contributed by atoms with E-state index in [-0.39, 0.29) is 5.57 Å². The van der Waals surface area contributed by atoms with E-state index in [1.165, 1.54) is 18.7 Å². The number of nitrogens with one attached hydrogen (secondary N) is 1. The van der Waals surface area contributed by atoms with E-state index in [0.717, 1.165) is 19.6 Å². The molecule has 3 aromatic carbocycles. The molecule has 1 aliphatic rings. The van der Waals surface area contributed by atoms with Crippen molar-refractivity contribution in [1.29, 1.82) is 0 Å². The highest BCUT2D eigenvalue weighted by Crippen LogP contribution is 2.35. The van der Waals surface area contributed by atoms with E-state index >= 15 is 0 Å². The molecule has 35 heavy (non-hydrogen) atoms. The minimum Gasteiger partial charge on any atom is -0.493 e. The highest BCUT2D eigenvalue weighted by atomic mass is 127.